The van der Waals surface area contributed by atoms with Crippen molar-refractivity contribution in [1.82, 2.24) is 4.98 Å². The maximum atomic E-state index is 12.0. The molecule has 0 spiro atoms. The second-order valence-corrected chi connectivity index (χ2v) is 4.17. The lowest BCUT2D eigenvalue weighted by molar-refractivity contribution is 0.102. The van der Waals surface area contributed by atoms with Gasteiger partial charge in [-0.1, -0.05) is 6.07 Å². The number of carbonyl (C=O) groups excluding carboxylic acids is 1. The predicted octanol–water partition coefficient (Wildman–Crippen LogP) is 2.68. The van der Waals surface area contributed by atoms with Gasteiger partial charge in [0, 0.05) is 23.6 Å². The van der Waals surface area contributed by atoms with E-state index in [4.69, 9.17) is 10.5 Å². The molecule has 0 saturated heterocycles. The number of amides is 1. The van der Waals surface area contributed by atoms with Crippen molar-refractivity contribution >= 4 is 17.4 Å². The van der Waals surface area contributed by atoms with E-state index in [0.29, 0.717) is 17.1 Å². The van der Waals surface area contributed by atoms with Gasteiger partial charge in [-0.15, -0.1) is 0 Å². The molecule has 1 aromatic carbocycles. The van der Waals surface area contributed by atoms with Crippen molar-refractivity contribution in [1.29, 1.82) is 10.5 Å². The Kier molecular flexibility index (Phi) is 4.85. The average molecular weight is 289 g/mol. The molecule has 0 aliphatic heterocycles. The van der Waals surface area contributed by atoms with Gasteiger partial charge < -0.3 is 10.6 Å². The Labute approximate surface area is 127 Å². The summed E-state index contributed by atoms with van der Waals surface area (Å²) < 4.78 is 0. The number of nitrogens with zero attached hydrogens (tertiary/aromatic N) is 3. The molecule has 106 valence electrons. The van der Waals surface area contributed by atoms with E-state index in [1.54, 1.807) is 60.8 Å². The standard InChI is InChI=1S/C16H11N5O/c17-9-12(10-18)11-20-14-6-4-13(5-7-14)16(22)21-15-3-1-2-8-19-15/h1-8,11,20H,(H,19,21,22). The molecule has 2 N–H and O–H groups in total. The van der Waals surface area contributed by atoms with Crippen molar-refractivity contribution in [3.05, 3.63) is 66.0 Å². The normalized spacial score (nSPS) is 9.00. The molecule has 2 aromatic rings. The van der Waals surface area contributed by atoms with Crippen molar-refractivity contribution < 1.29 is 4.79 Å². The molecule has 1 heterocycles. The van der Waals surface area contributed by atoms with Crippen LogP contribution in [0, 0.1) is 22.7 Å². The summed E-state index contributed by atoms with van der Waals surface area (Å²) in [4.78, 5) is 16.0. The Hall–Kier alpha value is -3.64. The summed E-state index contributed by atoms with van der Waals surface area (Å²) >= 11 is 0. The zero-order valence-electron chi connectivity index (χ0n) is 11.4. The van der Waals surface area contributed by atoms with Crippen LogP contribution in [0.1, 0.15) is 10.4 Å². The molecule has 0 unspecified atom stereocenters. The summed E-state index contributed by atoms with van der Waals surface area (Å²) in [5.41, 5.74) is 1.11. The van der Waals surface area contributed by atoms with Crippen LogP contribution in [0.25, 0.3) is 0 Å². The van der Waals surface area contributed by atoms with E-state index in [1.807, 2.05) is 0 Å². The number of carbonyl (C=O) groups is 1. The quantitative estimate of drug-likeness (QED) is 0.842. The Morgan fingerprint density at radius 2 is 1.82 bits per heavy atom. The summed E-state index contributed by atoms with van der Waals surface area (Å²) in [6.45, 7) is 0. The van der Waals surface area contributed by atoms with E-state index in [1.165, 1.54) is 6.20 Å². The van der Waals surface area contributed by atoms with E-state index < -0.39 is 0 Å². The monoisotopic (exact) mass is 289 g/mol. The number of pyridine rings is 1. The number of anilines is 2. The number of nitrogens with one attached hydrogen (secondary N) is 2. The van der Waals surface area contributed by atoms with Crippen LogP contribution in [0.5, 0.6) is 0 Å². The Bertz CT molecular complexity index is 751. The third-order valence-corrected chi connectivity index (χ3v) is 2.68. The minimum atomic E-state index is -0.268. The molecule has 0 radical (unpaired) electrons. The lowest BCUT2D eigenvalue weighted by Gasteiger charge is -2.05. The van der Waals surface area contributed by atoms with Gasteiger partial charge in [-0.3, -0.25) is 4.79 Å². The molecule has 0 aliphatic carbocycles. The minimum Gasteiger partial charge on any atom is -0.360 e. The molecular formula is C16H11N5O. The molecule has 0 atom stereocenters. The first-order valence-electron chi connectivity index (χ1n) is 6.32. The van der Waals surface area contributed by atoms with E-state index in [0.717, 1.165) is 0 Å². The number of benzene rings is 1. The average Bonchev–Trinajstić information content (AvgIpc) is 2.57. The van der Waals surface area contributed by atoms with Gasteiger partial charge in [0.2, 0.25) is 0 Å². The lowest BCUT2D eigenvalue weighted by Crippen LogP contribution is -2.12. The first kappa shape index (κ1) is 14.8. The molecule has 0 fully saturated rings. The highest BCUT2D eigenvalue weighted by Crippen LogP contribution is 2.12. The van der Waals surface area contributed by atoms with Crippen molar-refractivity contribution in [2.75, 3.05) is 10.6 Å². The Balaban J connectivity index is 2.03. The third kappa shape index (κ3) is 3.92. The highest BCUT2D eigenvalue weighted by Gasteiger charge is 2.06. The number of nitriles is 2. The van der Waals surface area contributed by atoms with Gasteiger partial charge in [0.25, 0.3) is 5.91 Å². The van der Waals surface area contributed by atoms with E-state index in [2.05, 4.69) is 15.6 Å². The smallest absolute Gasteiger partial charge is 0.256 e. The van der Waals surface area contributed by atoms with E-state index in [-0.39, 0.29) is 11.5 Å². The van der Waals surface area contributed by atoms with Crippen LogP contribution in [0.3, 0.4) is 0 Å². The number of allylic oxidation sites excluding steroid dienone is 1. The lowest BCUT2D eigenvalue weighted by atomic mass is 10.2. The maximum Gasteiger partial charge on any atom is 0.256 e. The van der Waals surface area contributed by atoms with Gasteiger partial charge in [-0.25, -0.2) is 4.98 Å². The van der Waals surface area contributed by atoms with Crippen molar-refractivity contribution in [2.24, 2.45) is 0 Å². The number of hydrogen-bond acceptors (Lipinski definition) is 5. The predicted molar refractivity (Wildman–Crippen MR) is 81.6 cm³/mol. The van der Waals surface area contributed by atoms with Gasteiger partial charge >= 0.3 is 0 Å². The SMILES string of the molecule is N#CC(C#N)=CNc1ccc(C(=O)Nc2ccccn2)cc1. The Morgan fingerprint density at radius 3 is 2.41 bits per heavy atom. The van der Waals surface area contributed by atoms with Crippen LogP contribution in [-0.4, -0.2) is 10.9 Å². The second-order valence-electron chi connectivity index (χ2n) is 4.17. The fourth-order valence-corrected chi connectivity index (χ4v) is 1.59. The minimum absolute atomic E-state index is 0.0306. The summed E-state index contributed by atoms with van der Waals surface area (Å²) in [5.74, 6) is 0.209. The maximum absolute atomic E-state index is 12.0. The molecule has 6 nitrogen and oxygen atoms in total. The first-order chi connectivity index (χ1) is 10.7. The van der Waals surface area contributed by atoms with Crippen molar-refractivity contribution in [3.8, 4) is 12.1 Å². The first-order valence-corrected chi connectivity index (χ1v) is 6.32. The van der Waals surface area contributed by atoms with Gasteiger partial charge in [-0.05, 0) is 36.4 Å². The van der Waals surface area contributed by atoms with Crippen LogP contribution in [0.4, 0.5) is 11.5 Å². The van der Waals surface area contributed by atoms with Gasteiger partial charge in [0.15, 0.2) is 0 Å². The molecule has 1 amide bonds. The van der Waals surface area contributed by atoms with Crippen molar-refractivity contribution in [3.63, 3.8) is 0 Å². The molecule has 0 saturated carbocycles. The van der Waals surface area contributed by atoms with Crippen LogP contribution in [-0.2, 0) is 0 Å². The fourth-order valence-electron chi connectivity index (χ4n) is 1.59. The zero-order valence-corrected chi connectivity index (χ0v) is 11.4. The molecule has 1 aromatic heterocycles. The summed E-state index contributed by atoms with van der Waals surface area (Å²) in [7, 11) is 0. The number of aromatic nitrogens is 1. The van der Waals surface area contributed by atoms with Gasteiger partial charge in [-0.2, -0.15) is 10.5 Å². The highest BCUT2D eigenvalue weighted by atomic mass is 16.1. The summed E-state index contributed by atoms with van der Waals surface area (Å²) in [6, 6.07) is 15.4. The number of hydrogen-bond donors (Lipinski definition) is 2. The molecule has 22 heavy (non-hydrogen) atoms. The molecular weight excluding hydrogens is 278 g/mol. The molecule has 2 rings (SSSR count). The number of rotatable bonds is 4. The third-order valence-electron chi connectivity index (χ3n) is 2.68. The largest absolute Gasteiger partial charge is 0.360 e. The van der Waals surface area contributed by atoms with E-state index >= 15 is 0 Å². The summed E-state index contributed by atoms with van der Waals surface area (Å²) in [5, 5.41) is 22.7. The van der Waals surface area contributed by atoms with Gasteiger partial charge in [0.05, 0.1) is 0 Å². The topological polar surface area (TPSA) is 102 Å². The highest BCUT2D eigenvalue weighted by molar-refractivity contribution is 6.03. The van der Waals surface area contributed by atoms with Gasteiger partial charge in [0.1, 0.15) is 23.5 Å². The summed E-state index contributed by atoms with van der Waals surface area (Å²) in [6.07, 6.45) is 2.90. The van der Waals surface area contributed by atoms with Crippen LogP contribution in [0.15, 0.2) is 60.4 Å². The molecule has 0 aliphatic rings. The molecule has 6 heteroatoms. The zero-order chi connectivity index (χ0) is 15.8. The fraction of sp³-hybridized carbons (Fsp3) is 0. The molecule has 0 bridgehead atoms. The second kappa shape index (κ2) is 7.22. The van der Waals surface area contributed by atoms with Crippen molar-refractivity contribution in [2.45, 2.75) is 0 Å². The van der Waals surface area contributed by atoms with Crippen LogP contribution in [0.2, 0.25) is 0 Å². The Morgan fingerprint density at radius 1 is 1.09 bits per heavy atom. The van der Waals surface area contributed by atoms with Crippen LogP contribution >= 0.6 is 0 Å². The van der Waals surface area contributed by atoms with Crippen LogP contribution < -0.4 is 10.6 Å². The van der Waals surface area contributed by atoms with E-state index in [9.17, 15) is 4.79 Å².